The SMILES string of the molecule is C[C@@H](NC(=O)C1CCC(NS(=O)(=O)c2ccc3nc(N4CCN(C)CC4)ccc3c2)CC1)c1ccc(F)cc1. The number of anilines is 1. The molecule has 5 rings (SSSR count). The first-order valence-corrected chi connectivity index (χ1v) is 15.1. The summed E-state index contributed by atoms with van der Waals surface area (Å²) in [5, 5.41) is 3.79. The van der Waals surface area contributed by atoms with Gasteiger partial charge in [0.15, 0.2) is 0 Å². The van der Waals surface area contributed by atoms with E-state index in [9.17, 15) is 17.6 Å². The van der Waals surface area contributed by atoms with Crippen LogP contribution in [0.2, 0.25) is 0 Å². The van der Waals surface area contributed by atoms with E-state index in [1.165, 1.54) is 12.1 Å². The number of sulfonamides is 1. The van der Waals surface area contributed by atoms with Crippen LogP contribution in [0.25, 0.3) is 10.9 Å². The molecule has 10 heteroatoms. The zero-order valence-electron chi connectivity index (χ0n) is 22.4. The number of fused-ring (bicyclic) bond motifs is 1. The van der Waals surface area contributed by atoms with Gasteiger partial charge in [0.1, 0.15) is 11.6 Å². The molecule has 39 heavy (non-hydrogen) atoms. The molecule has 0 radical (unpaired) electrons. The van der Waals surface area contributed by atoms with Crippen molar-refractivity contribution in [2.75, 3.05) is 38.1 Å². The van der Waals surface area contributed by atoms with E-state index < -0.39 is 10.0 Å². The van der Waals surface area contributed by atoms with Gasteiger partial charge in [0, 0.05) is 43.5 Å². The fraction of sp³-hybridized carbons (Fsp3) is 0.448. The van der Waals surface area contributed by atoms with E-state index in [2.05, 4.69) is 26.9 Å². The van der Waals surface area contributed by atoms with Crippen LogP contribution in [0.3, 0.4) is 0 Å². The van der Waals surface area contributed by atoms with Crippen molar-refractivity contribution in [3.8, 4) is 0 Å². The maximum atomic E-state index is 13.2. The van der Waals surface area contributed by atoms with Gasteiger partial charge in [-0.05, 0) is 87.7 Å². The monoisotopic (exact) mass is 553 g/mol. The summed E-state index contributed by atoms with van der Waals surface area (Å²) in [5.41, 5.74) is 1.61. The van der Waals surface area contributed by atoms with Crippen LogP contribution in [0.15, 0.2) is 59.5 Å². The maximum absolute atomic E-state index is 13.2. The number of carbonyl (C=O) groups is 1. The average molecular weight is 554 g/mol. The molecule has 1 aliphatic heterocycles. The predicted molar refractivity (Wildman–Crippen MR) is 150 cm³/mol. The normalized spacial score (nSPS) is 21.6. The molecular formula is C29H36FN5O3S. The van der Waals surface area contributed by atoms with Gasteiger partial charge in [-0.25, -0.2) is 22.5 Å². The van der Waals surface area contributed by atoms with Crippen molar-refractivity contribution in [3.05, 3.63) is 66.0 Å². The summed E-state index contributed by atoms with van der Waals surface area (Å²) < 4.78 is 42.4. The van der Waals surface area contributed by atoms with Crippen molar-refractivity contribution in [2.45, 2.75) is 49.6 Å². The molecule has 1 aromatic heterocycles. The zero-order chi connectivity index (χ0) is 27.6. The van der Waals surface area contributed by atoms with Gasteiger partial charge in [-0.3, -0.25) is 4.79 Å². The summed E-state index contributed by atoms with van der Waals surface area (Å²) in [6.07, 6.45) is 2.38. The van der Waals surface area contributed by atoms with Gasteiger partial charge in [0.2, 0.25) is 15.9 Å². The largest absolute Gasteiger partial charge is 0.354 e. The number of amides is 1. The number of carbonyl (C=O) groups excluding carboxylic acids is 1. The Morgan fingerprint density at radius 2 is 1.67 bits per heavy atom. The lowest BCUT2D eigenvalue weighted by molar-refractivity contribution is -0.126. The van der Waals surface area contributed by atoms with Crippen LogP contribution in [0.5, 0.6) is 0 Å². The maximum Gasteiger partial charge on any atom is 0.240 e. The number of hydrogen-bond acceptors (Lipinski definition) is 6. The zero-order valence-corrected chi connectivity index (χ0v) is 23.3. The first-order valence-electron chi connectivity index (χ1n) is 13.6. The molecule has 1 saturated carbocycles. The van der Waals surface area contributed by atoms with Crippen LogP contribution in [0.4, 0.5) is 10.2 Å². The van der Waals surface area contributed by atoms with E-state index in [0.717, 1.165) is 48.5 Å². The number of likely N-dealkylation sites (N-methyl/N-ethyl adjacent to an activating group) is 1. The van der Waals surface area contributed by atoms with Crippen molar-refractivity contribution in [3.63, 3.8) is 0 Å². The number of benzene rings is 2. The van der Waals surface area contributed by atoms with Crippen LogP contribution in [-0.4, -0.2) is 63.5 Å². The van der Waals surface area contributed by atoms with Crippen LogP contribution < -0.4 is 14.9 Å². The Bertz CT molecular complexity index is 1420. The molecule has 8 nitrogen and oxygen atoms in total. The van der Waals surface area contributed by atoms with Crippen LogP contribution in [0.1, 0.15) is 44.2 Å². The Morgan fingerprint density at radius 3 is 2.36 bits per heavy atom. The van der Waals surface area contributed by atoms with Crippen molar-refractivity contribution >= 4 is 32.7 Å². The molecule has 0 unspecified atom stereocenters. The highest BCUT2D eigenvalue weighted by molar-refractivity contribution is 7.89. The van der Waals surface area contributed by atoms with Crippen molar-refractivity contribution in [1.82, 2.24) is 19.9 Å². The van der Waals surface area contributed by atoms with E-state index in [1.807, 2.05) is 19.1 Å². The van der Waals surface area contributed by atoms with Crippen molar-refractivity contribution in [2.24, 2.45) is 5.92 Å². The van der Waals surface area contributed by atoms with E-state index in [0.29, 0.717) is 25.7 Å². The third-order valence-electron chi connectivity index (χ3n) is 7.93. The molecule has 3 aromatic rings. The molecule has 2 fully saturated rings. The standard InChI is InChI=1S/C29H36FN5O3S/c1-20(21-3-8-24(30)9-4-21)31-29(36)22-5-10-25(11-6-22)33-39(37,38)26-12-13-27-23(19-26)7-14-28(32-27)35-17-15-34(2)16-18-35/h3-4,7-9,12-14,19-20,22,25,33H,5-6,10-11,15-18H2,1-2H3,(H,31,36)/t20-,22?,25?/m1/s1. The van der Waals surface area contributed by atoms with Gasteiger partial charge in [0.25, 0.3) is 0 Å². The smallest absolute Gasteiger partial charge is 0.240 e. The van der Waals surface area contributed by atoms with Crippen LogP contribution >= 0.6 is 0 Å². The highest BCUT2D eigenvalue weighted by atomic mass is 32.2. The van der Waals surface area contributed by atoms with Crippen LogP contribution in [0, 0.1) is 11.7 Å². The van der Waals surface area contributed by atoms with Gasteiger partial charge in [-0.15, -0.1) is 0 Å². The Morgan fingerprint density at radius 1 is 0.974 bits per heavy atom. The summed E-state index contributed by atoms with van der Waals surface area (Å²) in [7, 11) is -1.60. The Balaban J connectivity index is 1.16. The van der Waals surface area contributed by atoms with Gasteiger partial charge in [-0.1, -0.05) is 12.1 Å². The minimum absolute atomic E-state index is 0.0499. The van der Waals surface area contributed by atoms with E-state index in [-0.39, 0.29) is 34.6 Å². The number of piperazine rings is 1. The van der Waals surface area contributed by atoms with Crippen molar-refractivity contribution < 1.29 is 17.6 Å². The quantitative estimate of drug-likeness (QED) is 0.462. The molecule has 1 saturated heterocycles. The van der Waals surface area contributed by atoms with E-state index >= 15 is 0 Å². The minimum atomic E-state index is -3.71. The number of nitrogens with one attached hydrogen (secondary N) is 2. The lowest BCUT2D eigenvalue weighted by Gasteiger charge is -2.33. The Kier molecular flexibility index (Phi) is 8.16. The highest BCUT2D eigenvalue weighted by Gasteiger charge is 2.30. The number of rotatable bonds is 7. The number of halogens is 1. The average Bonchev–Trinajstić information content (AvgIpc) is 2.93. The van der Waals surface area contributed by atoms with Gasteiger partial charge < -0.3 is 15.1 Å². The minimum Gasteiger partial charge on any atom is -0.354 e. The lowest BCUT2D eigenvalue weighted by atomic mass is 9.85. The van der Waals surface area contributed by atoms with Crippen molar-refractivity contribution in [1.29, 1.82) is 0 Å². The predicted octanol–water partition coefficient (Wildman–Crippen LogP) is 3.84. The summed E-state index contributed by atoms with van der Waals surface area (Å²) in [4.78, 5) is 22.3. The molecule has 0 bridgehead atoms. The topological polar surface area (TPSA) is 94.6 Å². The molecule has 2 heterocycles. The number of hydrogen-bond donors (Lipinski definition) is 2. The second kappa shape index (κ2) is 11.6. The third-order valence-corrected chi connectivity index (χ3v) is 9.45. The molecule has 0 spiro atoms. The number of aromatic nitrogens is 1. The fourth-order valence-electron chi connectivity index (χ4n) is 5.40. The van der Waals surface area contributed by atoms with Crippen LogP contribution in [-0.2, 0) is 14.8 Å². The van der Waals surface area contributed by atoms with E-state index in [1.54, 1.807) is 30.3 Å². The molecule has 2 aliphatic rings. The number of pyridine rings is 1. The van der Waals surface area contributed by atoms with Gasteiger partial charge in [0.05, 0.1) is 16.5 Å². The van der Waals surface area contributed by atoms with Gasteiger partial charge >= 0.3 is 0 Å². The molecule has 1 amide bonds. The van der Waals surface area contributed by atoms with Gasteiger partial charge in [-0.2, -0.15) is 0 Å². The molecule has 208 valence electrons. The summed E-state index contributed by atoms with van der Waals surface area (Å²) in [6.45, 7) is 5.69. The Labute approximate surface area is 229 Å². The molecule has 1 aliphatic carbocycles. The third kappa shape index (κ3) is 6.57. The number of nitrogens with zero attached hydrogens (tertiary/aromatic N) is 3. The molecular weight excluding hydrogens is 517 g/mol. The molecule has 1 atom stereocenters. The second-order valence-corrected chi connectivity index (χ2v) is 12.5. The lowest BCUT2D eigenvalue weighted by Crippen LogP contribution is -2.44. The second-order valence-electron chi connectivity index (χ2n) is 10.8. The van der Waals surface area contributed by atoms with E-state index in [4.69, 9.17) is 4.98 Å². The molecule has 2 aromatic carbocycles. The fourth-order valence-corrected chi connectivity index (χ4v) is 6.74. The highest BCUT2D eigenvalue weighted by Crippen LogP contribution is 2.28. The summed E-state index contributed by atoms with van der Waals surface area (Å²) in [6, 6.07) is 14.6. The first-order chi connectivity index (χ1) is 18.7. The summed E-state index contributed by atoms with van der Waals surface area (Å²) in [5.74, 6) is 0.381. The Hall–Kier alpha value is -3.08. The molecule has 2 N–H and O–H groups in total. The first kappa shape index (κ1) is 27.5. The summed E-state index contributed by atoms with van der Waals surface area (Å²) >= 11 is 0.